The predicted octanol–water partition coefficient (Wildman–Crippen LogP) is 4.46. The summed E-state index contributed by atoms with van der Waals surface area (Å²) in [4.78, 5) is 0. The zero-order valence-electron chi connectivity index (χ0n) is 16.3. The van der Waals surface area contributed by atoms with Gasteiger partial charge in [-0.25, -0.2) is 0 Å². The Bertz CT molecular complexity index is 938. The van der Waals surface area contributed by atoms with Crippen LogP contribution in [-0.4, -0.2) is 13.1 Å². The third-order valence-corrected chi connectivity index (χ3v) is 6.58. The minimum Gasteiger partial charge on any atom is -0.330 e. The second-order valence-corrected chi connectivity index (χ2v) is 8.12. The van der Waals surface area contributed by atoms with E-state index in [0.717, 1.165) is 38.8 Å². The van der Waals surface area contributed by atoms with Gasteiger partial charge in [-0.1, -0.05) is 60.7 Å². The number of hydrogen-bond acceptors (Lipinski definition) is 2. The van der Waals surface area contributed by atoms with Crippen molar-refractivity contribution in [2.45, 2.75) is 37.5 Å². The van der Waals surface area contributed by atoms with Crippen LogP contribution in [0.25, 0.3) is 0 Å². The lowest BCUT2D eigenvalue weighted by Gasteiger charge is -2.44. The van der Waals surface area contributed by atoms with Gasteiger partial charge in [-0.3, -0.25) is 0 Å². The molecule has 2 atom stereocenters. The van der Waals surface area contributed by atoms with E-state index in [1.165, 1.54) is 33.4 Å². The number of benzene rings is 3. The maximum absolute atomic E-state index is 5.84. The van der Waals surface area contributed by atoms with Crippen LogP contribution in [0.5, 0.6) is 0 Å². The third kappa shape index (κ3) is 2.56. The molecule has 0 saturated heterocycles. The molecule has 142 valence electrons. The number of aryl methyl sites for hydroxylation is 2. The standard InChI is InChI=1S/C26H28N2/c27-15-5-9-17-7-4-14-22-23(17)25-19-11-1-2-12-20(19)26(22)24-18(10-6-16-28)8-3-13-21(24)25/h1-4,7-8,11-14,25-26H,5-6,9-10,15-16,27-28H2. The monoisotopic (exact) mass is 368 g/mol. The van der Waals surface area contributed by atoms with E-state index in [1.54, 1.807) is 11.1 Å². The molecule has 3 aromatic rings. The molecular weight excluding hydrogens is 340 g/mol. The fraction of sp³-hybridized carbons (Fsp3) is 0.308. The molecule has 0 aliphatic heterocycles. The number of rotatable bonds is 6. The summed E-state index contributed by atoms with van der Waals surface area (Å²) < 4.78 is 0. The molecule has 0 saturated carbocycles. The Kier molecular flexibility index (Phi) is 4.54. The van der Waals surface area contributed by atoms with Crippen LogP contribution in [-0.2, 0) is 12.8 Å². The molecular formula is C26H28N2. The summed E-state index contributed by atoms with van der Waals surface area (Å²) in [6, 6.07) is 22.9. The Balaban J connectivity index is 1.75. The van der Waals surface area contributed by atoms with Crippen molar-refractivity contribution in [1.82, 2.24) is 0 Å². The van der Waals surface area contributed by atoms with E-state index in [2.05, 4.69) is 60.7 Å². The molecule has 6 rings (SSSR count). The Morgan fingerprint density at radius 2 is 0.964 bits per heavy atom. The summed E-state index contributed by atoms with van der Waals surface area (Å²) in [6.45, 7) is 1.49. The van der Waals surface area contributed by atoms with Gasteiger partial charge in [0.25, 0.3) is 0 Å². The quantitative estimate of drug-likeness (QED) is 0.465. The lowest BCUT2D eigenvalue weighted by Crippen LogP contribution is -2.30. The highest BCUT2D eigenvalue weighted by Gasteiger charge is 2.42. The Morgan fingerprint density at radius 3 is 1.39 bits per heavy atom. The summed E-state index contributed by atoms with van der Waals surface area (Å²) in [6.07, 6.45) is 4.21. The van der Waals surface area contributed by atoms with Gasteiger partial charge >= 0.3 is 0 Å². The molecule has 3 aromatic carbocycles. The molecule has 0 amide bonds. The average Bonchev–Trinajstić information content (AvgIpc) is 2.75. The van der Waals surface area contributed by atoms with Crippen molar-refractivity contribution >= 4 is 0 Å². The van der Waals surface area contributed by atoms with E-state index < -0.39 is 0 Å². The van der Waals surface area contributed by atoms with Gasteiger partial charge < -0.3 is 11.5 Å². The molecule has 3 aliphatic rings. The Labute approximate surface area is 167 Å². The summed E-state index contributed by atoms with van der Waals surface area (Å²) in [7, 11) is 0. The molecule has 2 nitrogen and oxygen atoms in total. The Hall–Kier alpha value is -2.42. The maximum Gasteiger partial charge on any atom is 0.0352 e. The highest BCUT2D eigenvalue weighted by Crippen LogP contribution is 2.57. The van der Waals surface area contributed by atoms with E-state index in [4.69, 9.17) is 11.5 Å². The molecule has 28 heavy (non-hydrogen) atoms. The second kappa shape index (κ2) is 7.20. The smallest absolute Gasteiger partial charge is 0.0352 e. The summed E-state index contributed by atoms with van der Waals surface area (Å²) in [5, 5.41) is 0. The fourth-order valence-corrected chi connectivity index (χ4v) is 5.49. The van der Waals surface area contributed by atoms with E-state index >= 15 is 0 Å². The van der Waals surface area contributed by atoms with Crippen LogP contribution >= 0.6 is 0 Å². The molecule has 0 aromatic heterocycles. The van der Waals surface area contributed by atoms with Crippen molar-refractivity contribution in [3.05, 3.63) is 105 Å². The number of hydrogen-bond donors (Lipinski definition) is 2. The van der Waals surface area contributed by atoms with Gasteiger partial charge in [-0.05, 0) is 83.3 Å². The molecule has 2 unspecified atom stereocenters. The highest BCUT2D eigenvalue weighted by molar-refractivity contribution is 5.70. The number of nitrogens with two attached hydrogens (primary N) is 2. The fourth-order valence-electron chi connectivity index (χ4n) is 5.49. The van der Waals surface area contributed by atoms with E-state index in [1.807, 2.05) is 0 Å². The molecule has 0 radical (unpaired) electrons. The van der Waals surface area contributed by atoms with Gasteiger partial charge in [0.05, 0.1) is 0 Å². The lowest BCUT2D eigenvalue weighted by atomic mass is 9.59. The summed E-state index contributed by atoms with van der Waals surface area (Å²) in [5.74, 6) is 0.691. The van der Waals surface area contributed by atoms with Crippen molar-refractivity contribution in [3.63, 3.8) is 0 Å². The first-order valence-corrected chi connectivity index (χ1v) is 10.6. The predicted molar refractivity (Wildman–Crippen MR) is 116 cm³/mol. The van der Waals surface area contributed by atoms with Crippen LogP contribution in [0.2, 0.25) is 0 Å². The van der Waals surface area contributed by atoms with E-state index in [-0.39, 0.29) is 0 Å². The normalized spacial score (nSPS) is 18.5. The van der Waals surface area contributed by atoms with Crippen molar-refractivity contribution < 1.29 is 0 Å². The topological polar surface area (TPSA) is 52.0 Å². The SMILES string of the molecule is NCCCc1cccc2c1C1c3ccccc3C2c2c(CCCN)cccc21. The van der Waals surface area contributed by atoms with Gasteiger partial charge in [0.2, 0.25) is 0 Å². The highest BCUT2D eigenvalue weighted by atomic mass is 14.5. The largest absolute Gasteiger partial charge is 0.330 e. The molecule has 0 spiro atoms. The van der Waals surface area contributed by atoms with E-state index in [9.17, 15) is 0 Å². The first kappa shape index (κ1) is 17.7. The summed E-state index contributed by atoms with van der Waals surface area (Å²) in [5.41, 5.74) is 23.7. The molecule has 2 bridgehead atoms. The minimum absolute atomic E-state index is 0.345. The minimum atomic E-state index is 0.345. The zero-order valence-corrected chi connectivity index (χ0v) is 16.3. The Morgan fingerprint density at radius 1 is 0.536 bits per heavy atom. The summed E-state index contributed by atoms with van der Waals surface area (Å²) >= 11 is 0. The molecule has 3 aliphatic carbocycles. The van der Waals surface area contributed by atoms with Crippen molar-refractivity contribution in [3.8, 4) is 0 Å². The van der Waals surface area contributed by atoms with Crippen LogP contribution in [0.3, 0.4) is 0 Å². The van der Waals surface area contributed by atoms with Crippen molar-refractivity contribution in [2.75, 3.05) is 13.1 Å². The van der Waals surface area contributed by atoms with Gasteiger partial charge in [0.1, 0.15) is 0 Å². The van der Waals surface area contributed by atoms with Crippen molar-refractivity contribution in [1.29, 1.82) is 0 Å². The van der Waals surface area contributed by atoms with Gasteiger partial charge in [0, 0.05) is 11.8 Å². The molecule has 2 heteroatoms. The van der Waals surface area contributed by atoms with Crippen LogP contribution in [0.15, 0.2) is 60.7 Å². The second-order valence-electron chi connectivity index (χ2n) is 8.12. The van der Waals surface area contributed by atoms with Crippen molar-refractivity contribution in [2.24, 2.45) is 11.5 Å². The molecule has 4 N–H and O–H groups in total. The third-order valence-electron chi connectivity index (χ3n) is 6.58. The molecule has 0 heterocycles. The van der Waals surface area contributed by atoms with Crippen LogP contribution in [0, 0.1) is 0 Å². The molecule has 0 fully saturated rings. The van der Waals surface area contributed by atoms with Crippen LogP contribution in [0.4, 0.5) is 0 Å². The average molecular weight is 369 g/mol. The van der Waals surface area contributed by atoms with Gasteiger partial charge in [0.15, 0.2) is 0 Å². The van der Waals surface area contributed by atoms with Crippen LogP contribution in [0.1, 0.15) is 69.2 Å². The van der Waals surface area contributed by atoms with E-state index in [0.29, 0.717) is 11.8 Å². The van der Waals surface area contributed by atoms with Gasteiger partial charge in [-0.2, -0.15) is 0 Å². The maximum atomic E-state index is 5.84. The zero-order chi connectivity index (χ0) is 19.1. The van der Waals surface area contributed by atoms with Crippen LogP contribution < -0.4 is 11.5 Å². The first-order chi connectivity index (χ1) is 13.8. The van der Waals surface area contributed by atoms with Gasteiger partial charge in [-0.15, -0.1) is 0 Å². The first-order valence-electron chi connectivity index (χ1n) is 10.6. The lowest BCUT2D eigenvalue weighted by molar-refractivity contribution is 0.714.